The van der Waals surface area contributed by atoms with Gasteiger partial charge in [0.25, 0.3) is 5.56 Å². The van der Waals surface area contributed by atoms with Crippen molar-refractivity contribution in [3.05, 3.63) is 87.7 Å². The molecule has 0 atom stereocenters. The van der Waals surface area contributed by atoms with Crippen LogP contribution in [0.25, 0.3) is 22.3 Å². The van der Waals surface area contributed by atoms with Gasteiger partial charge in [-0.25, -0.2) is 9.78 Å². The molecule has 4 aromatic rings. The summed E-state index contributed by atoms with van der Waals surface area (Å²) in [6, 6.07) is 19.8. The van der Waals surface area contributed by atoms with Crippen LogP contribution >= 0.6 is 11.6 Å². The predicted octanol–water partition coefficient (Wildman–Crippen LogP) is 5.33. The molecule has 0 aliphatic rings. The van der Waals surface area contributed by atoms with E-state index in [9.17, 15) is 9.59 Å². The van der Waals surface area contributed by atoms with Crippen LogP contribution in [-0.4, -0.2) is 41.2 Å². The Labute approximate surface area is 219 Å². The van der Waals surface area contributed by atoms with Crippen LogP contribution in [0.2, 0.25) is 5.02 Å². The van der Waals surface area contributed by atoms with Gasteiger partial charge in [-0.15, -0.1) is 0 Å². The van der Waals surface area contributed by atoms with Crippen molar-refractivity contribution >= 4 is 34.7 Å². The number of nitrogens with zero attached hydrogens (tertiary/aromatic N) is 3. The number of fused-ring (bicyclic) bond motifs is 1. The molecule has 3 aromatic carbocycles. The number of esters is 1. The number of aromatic nitrogens is 2. The third kappa shape index (κ3) is 6.16. The molecule has 0 radical (unpaired) electrons. The highest BCUT2D eigenvalue weighted by molar-refractivity contribution is 6.32. The molecule has 0 fully saturated rings. The maximum absolute atomic E-state index is 13.4. The Balaban J connectivity index is 1.73. The second kappa shape index (κ2) is 11.7. The first-order valence-electron chi connectivity index (χ1n) is 11.8. The Morgan fingerprint density at radius 3 is 2.54 bits per heavy atom. The number of ether oxygens (including phenoxy) is 3. The lowest BCUT2D eigenvalue weighted by atomic mass is 10.2. The van der Waals surface area contributed by atoms with Gasteiger partial charge in [0.1, 0.15) is 0 Å². The molecular weight excluding hydrogens is 494 g/mol. The van der Waals surface area contributed by atoms with Gasteiger partial charge in [-0.05, 0) is 50.6 Å². The number of hydrogen-bond donors (Lipinski definition) is 0. The van der Waals surface area contributed by atoms with Gasteiger partial charge < -0.3 is 14.2 Å². The zero-order valence-electron chi connectivity index (χ0n) is 20.7. The minimum Gasteiger partial charge on any atom is -0.490 e. The smallest absolute Gasteiger partial charge is 0.344 e. The van der Waals surface area contributed by atoms with Gasteiger partial charge in [-0.2, -0.15) is 9.78 Å². The predicted molar refractivity (Wildman–Crippen MR) is 144 cm³/mol. The van der Waals surface area contributed by atoms with E-state index in [1.54, 1.807) is 44.2 Å². The van der Waals surface area contributed by atoms with E-state index in [0.29, 0.717) is 34.6 Å². The number of benzene rings is 3. The molecule has 0 bridgehead atoms. The zero-order chi connectivity index (χ0) is 26.4. The van der Waals surface area contributed by atoms with Crippen molar-refractivity contribution < 1.29 is 19.0 Å². The Kier molecular flexibility index (Phi) is 8.20. The Bertz CT molecular complexity index is 1500. The lowest BCUT2D eigenvalue weighted by molar-refractivity contribution is -0.149. The van der Waals surface area contributed by atoms with Crippen LogP contribution in [0.4, 0.5) is 0 Å². The number of rotatable bonds is 9. The van der Waals surface area contributed by atoms with E-state index in [4.69, 9.17) is 30.8 Å². The molecule has 0 spiro atoms. The van der Waals surface area contributed by atoms with Gasteiger partial charge in [0.2, 0.25) is 0 Å². The molecule has 0 aliphatic carbocycles. The summed E-state index contributed by atoms with van der Waals surface area (Å²) in [4.78, 5) is 30.0. The van der Waals surface area contributed by atoms with Crippen LogP contribution in [0, 0.1) is 0 Å². The van der Waals surface area contributed by atoms with E-state index in [1.165, 1.54) is 10.9 Å². The van der Waals surface area contributed by atoms with Gasteiger partial charge in [0, 0.05) is 5.56 Å². The van der Waals surface area contributed by atoms with E-state index in [2.05, 4.69) is 5.10 Å². The summed E-state index contributed by atoms with van der Waals surface area (Å²) in [6.45, 7) is 5.35. The maximum Gasteiger partial charge on any atom is 0.344 e. The van der Waals surface area contributed by atoms with Crippen molar-refractivity contribution in [1.82, 2.24) is 9.66 Å². The second-order valence-corrected chi connectivity index (χ2v) is 8.68. The van der Waals surface area contributed by atoms with Crippen LogP contribution in [0.5, 0.6) is 11.5 Å². The molecule has 190 valence electrons. The lowest BCUT2D eigenvalue weighted by Crippen LogP contribution is -2.20. The minimum atomic E-state index is -0.518. The van der Waals surface area contributed by atoms with Crippen molar-refractivity contribution in [3.8, 4) is 22.9 Å². The fourth-order valence-corrected chi connectivity index (χ4v) is 3.90. The van der Waals surface area contributed by atoms with Crippen LogP contribution < -0.4 is 15.0 Å². The van der Waals surface area contributed by atoms with Gasteiger partial charge >= 0.3 is 5.97 Å². The van der Waals surface area contributed by atoms with Gasteiger partial charge in [0.05, 0.1) is 34.9 Å². The van der Waals surface area contributed by atoms with E-state index in [1.807, 2.05) is 43.3 Å². The lowest BCUT2D eigenvalue weighted by Gasteiger charge is -2.15. The molecule has 1 aromatic heterocycles. The number of carbonyl (C=O) groups is 1. The van der Waals surface area contributed by atoms with E-state index >= 15 is 0 Å². The number of halogens is 1. The highest BCUT2D eigenvalue weighted by Crippen LogP contribution is 2.36. The fourth-order valence-electron chi connectivity index (χ4n) is 3.62. The summed E-state index contributed by atoms with van der Waals surface area (Å²) in [5.41, 5.74) is 1.58. The standard InChI is InChI=1S/C28H26ClN3O5/c1-4-35-24-15-19(14-22(29)26(24)36-17-25(33)37-18(2)3)16-30-32-27(20-10-6-5-7-11-20)31-23-13-9-8-12-21(23)28(32)34/h5-16,18H,4,17H2,1-3H3. The first-order valence-corrected chi connectivity index (χ1v) is 12.2. The SMILES string of the molecule is CCOc1cc(C=Nn2c(-c3ccccc3)nc3ccccc3c2=O)cc(Cl)c1OCC(=O)OC(C)C. The highest BCUT2D eigenvalue weighted by atomic mass is 35.5. The van der Waals surface area contributed by atoms with Crippen molar-refractivity contribution in [3.63, 3.8) is 0 Å². The van der Waals surface area contributed by atoms with Gasteiger partial charge in [0.15, 0.2) is 23.9 Å². The summed E-state index contributed by atoms with van der Waals surface area (Å²) in [7, 11) is 0. The highest BCUT2D eigenvalue weighted by Gasteiger charge is 2.16. The molecule has 0 saturated carbocycles. The largest absolute Gasteiger partial charge is 0.490 e. The zero-order valence-corrected chi connectivity index (χ0v) is 21.4. The van der Waals surface area contributed by atoms with E-state index in [-0.39, 0.29) is 29.0 Å². The Morgan fingerprint density at radius 1 is 1.08 bits per heavy atom. The summed E-state index contributed by atoms with van der Waals surface area (Å²) < 4.78 is 17.7. The quantitative estimate of drug-likeness (QED) is 0.219. The maximum atomic E-state index is 13.4. The number of carbonyl (C=O) groups excluding carboxylic acids is 1. The topological polar surface area (TPSA) is 92.0 Å². The van der Waals surface area contributed by atoms with Crippen LogP contribution in [0.15, 0.2) is 76.6 Å². The molecule has 4 rings (SSSR count). The monoisotopic (exact) mass is 519 g/mol. The summed E-state index contributed by atoms with van der Waals surface area (Å²) in [5.74, 6) is 0.438. The fraction of sp³-hybridized carbons (Fsp3) is 0.214. The molecule has 1 heterocycles. The first-order chi connectivity index (χ1) is 17.9. The van der Waals surface area contributed by atoms with Crippen molar-refractivity contribution in [2.24, 2.45) is 5.10 Å². The molecule has 9 heteroatoms. The molecule has 0 unspecified atom stereocenters. The molecular formula is C28H26ClN3O5. The third-order valence-corrected chi connectivity index (χ3v) is 5.42. The molecule has 0 N–H and O–H groups in total. The van der Waals surface area contributed by atoms with E-state index in [0.717, 1.165) is 5.56 Å². The van der Waals surface area contributed by atoms with Crippen molar-refractivity contribution in [2.45, 2.75) is 26.9 Å². The van der Waals surface area contributed by atoms with Crippen LogP contribution in [-0.2, 0) is 9.53 Å². The molecule has 37 heavy (non-hydrogen) atoms. The normalized spacial score (nSPS) is 11.3. The Morgan fingerprint density at radius 2 is 1.81 bits per heavy atom. The summed E-state index contributed by atoms with van der Waals surface area (Å²) in [5, 5.41) is 5.14. The molecule has 0 saturated heterocycles. The average molecular weight is 520 g/mol. The Hall–Kier alpha value is -4.17. The molecule has 0 amide bonds. The summed E-state index contributed by atoms with van der Waals surface area (Å²) >= 11 is 6.48. The van der Waals surface area contributed by atoms with Crippen LogP contribution in [0.3, 0.4) is 0 Å². The number of hydrogen-bond acceptors (Lipinski definition) is 7. The first kappa shape index (κ1) is 25.9. The van der Waals surface area contributed by atoms with E-state index < -0.39 is 5.97 Å². The number of para-hydroxylation sites is 1. The van der Waals surface area contributed by atoms with Crippen LogP contribution in [0.1, 0.15) is 26.3 Å². The average Bonchev–Trinajstić information content (AvgIpc) is 2.88. The minimum absolute atomic E-state index is 0.218. The van der Waals surface area contributed by atoms with Crippen molar-refractivity contribution in [1.29, 1.82) is 0 Å². The van der Waals surface area contributed by atoms with Crippen molar-refractivity contribution in [2.75, 3.05) is 13.2 Å². The molecule has 0 aliphatic heterocycles. The summed E-state index contributed by atoms with van der Waals surface area (Å²) in [6.07, 6.45) is 1.24. The second-order valence-electron chi connectivity index (χ2n) is 8.27. The van der Waals surface area contributed by atoms with Gasteiger partial charge in [-0.1, -0.05) is 54.1 Å². The third-order valence-electron chi connectivity index (χ3n) is 5.14. The molecule has 8 nitrogen and oxygen atoms in total. The van der Waals surface area contributed by atoms with Gasteiger partial charge in [-0.3, -0.25) is 4.79 Å².